The molecule has 1 aromatic rings. The highest BCUT2D eigenvalue weighted by Crippen LogP contribution is 2.06. The highest BCUT2D eigenvalue weighted by molar-refractivity contribution is 6.29. The van der Waals surface area contributed by atoms with Crippen molar-refractivity contribution in [1.29, 1.82) is 0 Å². The zero-order valence-electron chi connectivity index (χ0n) is 8.62. The van der Waals surface area contributed by atoms with Crippen molar-refractivity contribution in [2.24, 2.45) is 0 Å². The molecule has 0 aliphatic heterocycles. The molecule has 80 valence electrons. The Labute approximate surface area is 93.4 Å². The molecule has 1 amide bonds. The predicted molar refractivity (Wildman–Crippen MR) is 59.7 cm³/mol. The zero-order valence-corrected chi connectivity index (χ0v) is 9.38. The van der Waals surface area contributed by atoms with Crippen molar-refractivity contribution >= 4 is 23.3 Å². The lowest BCUT2D eigenvalue weighted by Gasteiger charge is -2.01. The Morgan fingerprint density at radius 2 is 2.20 bits per heavy atom. The average Bonchev–Trinajstić information content (AvgIpc) is 2.19. The van der Waals surface area contributed by atoms with E-state index >= 15 is 0 Å². The lowest BCUT2D eigenvalue weighted by Crippen LogP contribution is -2.11. The molecule has 4 nitrogen and oxygen atoms in total. The molecule has 1 heterocycles. The molecule has 1 aromatic heterocycles. The third kappa shape index (κ3) is 4.56. The van der Waals surface area contributed by atoms with Crippen LogP contribution in [0.3, 0.4) is 0 Å². The third-order valence-electron chi connectivity index (χ3n) is 1.60. The number of halogens is 1. The summed E-state index contributed by atoms with van der Waals surface area (Å²) in [6.45, 7) is 3.88. The van der Waals surface area contributed by atoms with Crippen molar-refractivity contribution in [2.75, 3.05) is 5.32 Å². The van der Waals surface area contributed by atoms with Crippen LogP contribution in [0.2, 0.25) is 5.15 Å². The Hall–Kier alpha value is -1.42. The second kappa shape index (κ2) is 5.46. The minimum atomic E-state index is -0.118. The summed E-state index contributed by atoms with van der Waals surface area (Å²) in [5, 5.41) is 10.2. The first kappa shape index (κ1) is 11.7. The maximum absolute atomic E-state index is 11.3. The number of carbonyl (C=O) groups is 1. The summed E-state index contributed by atoms with van der Waals surface area (Å²) in [5.74, 6) is 0.291. The van der Waals surface area contributed by atoms with E-state index in [0.29, 0.717) is 17.4 Å². The lowest BCUT2D eigenvalue weighted by atomic mass is 10.2. The van der Waals surface area contributed by atoms with Crippen LogP contribution < -0.4 is 5.32 Å². The van der Waals surface area contributed by atoms with Gasteiger partial charge in [0.15, 0.2) is 11.0 Å². The van der Waals surface area contributed by atoms with E-state index in [4.69, 9.17) is 11.6 Å². The minimum absolute atomic E-state index is 0.118. The van der Waals surface area contributed by atoms with Gasteiger partial charge in [0.25, 0.3) is 0 Å². The maximum Gasteiger partial charge on any atom is 0.229 e. The molecule has 0 spiro atoms. The number of hydrogen-bond donors (Lipinski definition) is 1. The molecule has 0 radical (unpaired) electrons. The smallest absolute Gasteiger partial charge is 0.229 e. The number of aromatic nitrogens is 2. The monoisotopic (exact) mass is 225 g/mol. The van der Waals surface area contributed by atoms with E-state index < -0.39 is 0 Å². The van der Waals surface area contributed by atoms with Crippen LogP contribution in [-0.4, -0.2) is 16.1 Å². The lowest BCUT2D eigenvalue weighted by molar-refractivity contribution is -0.115. The normalized spacial score (nSPS) is 9.53. The molecule has 0 bridgehead atoms. The van der Waals surface area contributed by atoms with E-state index in [-0.39, 0.29) is 5.91 Å². The molecule has 0 aliphatic carbocycles. The van der Waals surface area contributed by atoms with Crippen LogP contribution in [-0.2, 0) is 4.79 Å². The van der Waals surface area contributed by atoms with Crippen LogP contribution in [0.5, 0.6) is 0 Å². The van der Waals surface area contributed by atoms with Gasteiger partial charge in [0.05, 0.1) is 0 Å². The van der Waals surface area contributed by atoms with Crippen LogP contribution in [0.15, 0.2) is 23.8 Å². The summed E-state index contributed by atoms with van der Waals surface area (Å²) in [7, 11) is 0. The molecule has 0 unspecified atom stereocenters. The fourth-order valence-electron chi connectivity index (χ4n) is 0.873. The first-order chi connectivity index (χ1) is 7.08. The SMILES string of the molecule is CC(C)=CCC(=O)Nc1ccc(Cl)nn1. The fraction of sp³-hybridized carbons (Fsp3) is 0.300. The van der Waals surface area contributed by atoms with Crippen molar-refractivity contribution in [3.63, 3.8) is 0 Å². The molecule has 15 heavy (non-hydrogen) atoms. The fourth-order valence-corrected chi connectivity index (χ4v) is 0.974. The zero-order chi connectivity index (χ0) is 11.3. The first-order valence-corrected chi connectivity index (χ1v) is 4.88. The molecule has 1 N–H and O–H groups in total. The predicted octanol–water partition coefficient (Wildman–Crippen LogP) is 2.42. The summed E-state index contributed by atoms with van der Waals surface area (Å²) in [6, 6.07) is 3.18. The van der Waals surface area contributed by atoms with Crippen molar-refractivity contribution < 1.29 is 4.79 Å². The van der Waals surface area contributed by atoms with E-state index in [2.05, 4.69) is 15.5 Å². The van der Waals surface area contributed by atoms with Gasteiger partial charge in [-0.25, -0.2) is 0 Å². The van der Waals surface area contributed by atoms with Crippen LogP contribution in [0.1, 0.15) is 20.3 Å². The first-order valence-electron chi connectivity index (χ1n) is 4.50. The topological polar surface area (TPSA) is 54.9 Å². The van der Waals surface area contributed by atoms with Crippen molar-refractivity contribution in [3.05, 3.63) is 28.9 Å². The second-order valence-corrected chi connectivity index (χ2v) is 3.66. The summed E-state index contributed by atoms with van der Waals surface area (Å²) < 4.78 is 0. The number of allylic oxidation sites excluding steroid dienone is 1. The number of rotatable bonds is 3. The number of nitrogens with one attached hydrogen (secondary N) is 1. The van der Waals surface area contributed by atoms with Crippen LogP contribution in [0.4, 0.5) is 5.82 Å². The van der Waals surface area contributed by atoms with Gasteiger partial charge in [-0.15, -0.1) is 10.2 Å². The highest BCUT2D eigenvalue weighted by atomic mass is 35.5. The molecule has 5 heteroatoms. The second-order valence-electron chi connectivity index (χ2n) is 3.28. The Balaban J connectivity index is 2.51. The van der Waals surface area contributed by atoms with E-state index in [0.717, 1.165) is 5.57 Å². The van der Waals surface area contributed by atoms with Gasteiger partial charge in [0.2, 0.25) is 5.91 Å². The maximum atomic E-state index is 11.3. The Bertz CT molecular complexity index is 369. The Morgan fingerprint density at radius 3 is 2.73 bits per heavy atom. The largest absolute Gasteiger partial charge is 0.309 e. The van der Waals surface area contributed by atoms with Gasteiger partial charge in [0, 0.05) is 6.42 Å². The molecule has 0 aliphatic rings. The van der Waals surface area contributed by atoms with Gasteiger partial charge >= 0.3 is 0 Å². The van der Waals surface area contributed by atoms with Crippen LogP contribution in [0, 0.1) is 0 Å². The highest BCUT2D eigenvalue weighted by Gasteiger charge is 2.01. The van der Waals surface area contributed by atoms with Gasteiger partial charge in [-0.3, -0.25) is 4.79 Å². The molecule has 0 saturated heterocycles. The van der Waals surface area contributed by atoms with Crippen LogP contribution in [0.25, 0.3) is 0 Å². The van der Waals surface area contributed by atoms with Crippen molar-refractivity contribution in [1.82, 2.24) is 10.2 Å². The van der Waals surface area contributed by atoms with E-state index in [1.807, 2.05) is 19.9 Å². The van der Waals surface area contributed by atoms with Crippen molar-refractivity contribution in [2.45, 2.75) is 20.3 Å². The molecule has 0 fully saturated rings. The van der Waals surface area contributed by atoms with E-state index in [9.17, 15) is 4.79 Å². The summed E-state index contributed by atoms with van der Waals surface area (Å²) >= 11 is 5.56. The Morgan fingerprint density at radius 1 is 1.47 bits per heavy atom. The van der Waals surface area contributed by atoms with Crippen molar-refractivity contribution in [3.8, 4) is 0 Å². The number of amides is 1. The number of hydrogen-bond acceptors (Lipinski definition) is 3. The van der Waals surface area contributed by atoms with Gasteiger partial charge in [-0.2, -0.15) is 0 Å². The number of carbonyl (C=O) groups excluding carboxylic acids is 1. The number of nitrogens with zero attached hydrogens (tertiary/aromatic N) is 2. The number of anilines is 1. The standard InChI is InChI=1S/C10H12ClN3O/c1-7(2)3-6-10(15)12-9-5-4-8(11)13-14-9/h3-5H,6H2,1-2H3,(H,12,14,15). The summed E-state index contributed by atoms with van der Waals surface area (Å²) in [5.41, 5.74) is 1.10. The van der Waals surface area contributed by atoms with E-state index in [1.165, 1.54) is 0 Å². The average molecular weight is 226 g/mol. The summed E-state index contributed by atoms with van der Waals surface area (Å²) in [6.07, 6.45) is 2.19. The van der Waals surface area contributed by atoms with Gasteiger partial charge < -0.3 is 5.32 Å². The van der Waals surface area contributed by atoms with Gasteiger partial charge in [-0.1, -0.05) is 23.3 Å². The van der Waals surface area contributed by atoms with Gasteiger partial charge in [0.1, 0.15) is 0 Å². The molecular weight excluding hydrogens is 214 g/mol. The minimum Gasteiger partial charge on any atom is -0.309 e. The molecule has 0 atom stereocenters. The molecule has 0 aromatic carbocycles. The molecular formula is C10H12ClN3O. The third-order valence-corrected chi connectivity index (χ3v) is 1.80. The van der Waals surface area contributed by atoms with Gasteiger partial charge in [-0.05, 0) is 26.0 Å². The summed E-state index contributed by atoms with van der Waals surface area (Å²) in [4.78, 5) is 11.3. The van der Waals surface area contributed by atoms with E-state index in [1.54, 1.807) is 12.1 Å². The Kier molecular flexibility index (Phi) is 4.24. The quantitative estimate of drug-likeness (QED) is 0.804. The molecule has 1 rings (SSSR count). The molecule has 0 saturated carbocycles. The van der Waals surface area contributed by atoms with Crippen LogP contribution >= 0.6 is 11.6 Å².